The van der Waals surface area contributed by atoms with Crippen molar-refractivity contribution in [2.24, 2.45) is 11.8 Å². The molecule has 250 valence electrons. The van der Waals surface area contributed by atoms with Gasteiger partial charge in [-0.05, 0) is 57.9 Å². The Labute approximate surface area is 264 Å². The summed E-state index contributed by atoms with van der Waals surface area (Å²) in [5.41, 5.74) is 0.439. The Morgan fingerprint density at radius 2 is 1.76 bits per heavy atom. The second-order valence-electron chi connectivity index (χ2n) is 12.7. The smallest absolute Gasteiger partial charge is 0.410 e. The standard InChI is InChI=1S/C30H37F3N6O6S/c1-29(2,3)45-28(41)38-13-14-46(42,43)18-24(38)22-15-34-39-16-23(36-26(39)35-22)25(20-9-11-21(12-10-20)30(31,32)33)37-27(40)44-17-19-7-5-4-6-8-19/h4-8,15-16,20-21,24-25H,9-14,17-18H2,1-3H3,(H,37,40)/t20?,21?,24?,25-/m0/s1. The van der Waals surface area contributed by atoms with E-state index in [0.717, 1.165) is 5.56 Å². The number of carbonyl (C=O) groups is 2. The van der Waals surface area contributed by atoms with Crippen LogP contribution in [0.2, 0.25) is 0 Å². The van der Waals surface area contributed by atoms with Gasteiger partial charge in [0.1, 0.15) is 12.2 Å². The van der Waals surface area contributed by atoms with E-state index in [-0.39, 0.29) is 67.7 Å². The van der Waals surface area contributed by atoms with Crippen LogP contribution >= 0.6 is 0 Å². The minimum atomic E-state index is -4.30. The summed E-state index contributed by atoms with van der Waals surface area (Å²) in [4.78, 5) is 36.3. The highest BCUT2D eigenvalue weighted by Crippen LogP contribution is 2.43. The van der Waals surface area contributed by atoms with Crippen LogP contribution in [-0.2, 0) is 25.9 Å². The van der Waals surface area contributed by atoms with Crippen LogP contribution in [0.5, 0.6) is 0 Å². The molecule has 3 aromatic rings. The number of benzene rings is 1. The number of halogens is 3. The molecule has 5 rings (SSSR count). The van der Waals surface area contributed by atoms with E-state index >= 15 is 0 Å². The van der Waals surface area contributed by atoms with Gasteiger partial charge in [-0.1, -0.05) is 30.3 Å². The van der Waals surface area contributed by atoms with E-state index in [1.54, 1.807) is 45.0 Å². The van der Waals surface area contributed by atoms with Gasteiger partial charge in [-0.15, -0.1) is 0 Å². The van der Waals surface area contributed by atoms with E-state index in [1.807, 2.05) is 6.07 Å². The number of carbonyl (C=O) groups excluding carboxylic acids is 2. The summed E-state index contributed by atoms with van der Waals surface area (Å²) in [7, 11) is -3.51. The quantitative estimate of drug-likeness (QED) is 0.377. The Morgan fingerprint density at radius 1 is 1.07 bits per heavy atom. The predicted octanol–water partition coefficient (Wildman–Crippen LogP) is 5.17. The molecule has 0 radical (unpaired) electrons. The molecule has 1 aliphatic heterocycles. The van der Waals surface area contributed by atoms with Crippen LogP contribution in [0.25, 0.3) is 5.78 Å². The number of ether oxygens (including phenoxy) is 2. The van der Waals surface area contributed by atoms with E-state index in [9.17, 15) is 31.2 Å². The minimum Gasteiger partial charge on any atom is -0.445 e. The summed E-state index contributed by atoms with van der Waals surface area (Å²) in [5.74, 6) is -2.34. The fraction of sp³-hybridized carbons (Fsp3) is 0.567. The molecule has 16 heteroatoms. The lowest BCUT2D eigenvalue weighted by atomic mass is 9.77. The summed E-state index contributed by atoms with van der Waals surface area (Å²) >= 11 is 0. The molecule has 2 aliphatic rings. The molecular weight excluding hydrogens is 629 g/mol. The number of sulfone groups is 1. The van der Waals surface area contributed by atoms with Gasteiger partial charge in [0, 0.05) is 6.54 Å². The number of aromatic nitrogens is 4. The number of hydrogen-bond donors (Lipinski definition) is 1. The summed E-state index contributed by atoms with van der Waals surface area (Å²) < 4.78 is 77.6. The summed E-state index contributed by atoms with van der Waals surface area (Å²) in [5, 5.41) is 7.14. The van der Waals surface area contributed by atoms with Crippen molar-refractivity contribution in [2.45, 2.75) is 76.9 Å². The number of imidazole rings is 1. The van der Waals surface area contributed by atoms with E-state index in [4.69, 9.17) is 9.47 Å². The van der Waals surface area contributed by atoms with Crippen molar-refractivity contribution in [1.29, 1.82) is 0 Å². The van der Waals surface area contributed by atoms with Crippen molar-refractivity contribution < 1.29 is 40.7 Å². The molecule has 0 bridgehead atoms. The number of hydrogen-bond acceptors (Lipinski definition) is 9. The van der Waals surface area contributed by atoms with Crippen molar-refractivity contribution in [2.75, 3.05) is 18.1 Å². The average Bonchev–Trinajstić information content (AvgIpc) is 3.41. The first kappa shape index (κ1) is 33.4. The van der Waals surface area contributed by atoms with E-state index in [2.05, 4.69) is 20.4 Å². The van der Waals surface area contributed by atoms with Gasteiger partial charge in [-0.2, -0.15) is 18.3 Å². The number of alkyl halides is 3. The molecule has 12 nitrogen and oxygen atoms in total. The highest BCUT2D eigenvalue weighted by molar-refractivity contribution is 7.91. The SMILES string of the molecule is CC(C)(C)OC(=O)N1CCS(=O)(=O)CC1c1cnn2cc([C@@H](NC(=O)OCc3ccccc3)C3CCC(C(F)(F)F)CC3)nc2n1. The van der Waals surface area contributed by atoms with Gasteiger partial charge >= 0.3 is 18.4 Å². The lowest BCUT2D eigenvalue weighted by Gasteiger charge is -2.35. The van der Waals surface area contributed by atoms with Crippen LogP contribution < -0.4 is 5.32 Å². The maximum absolute atomic E-state index is 13.4. The molecule has 0 spiro atoms. The van der Waals surface area contributed by atoms with Crippen LogP contribution in [-0.4, -0.2) is 74.9 Å². The molecule has 2 atom stereocenters. The Hall–Kier alpha value is -3.95. The van der Waals surface area contributed by atoms with Gasteiger partial charge in [0.05, 0.1) is 53.3 Å². The van der Waals surface area contributed by atoms with Gasteiger partial charge in [-0.3, -0.25) is 4.90 Å². The van der Waals surface area contributed by atoms with Crippen molar-refractivity contribution in [3.63, 3.8) is 0 Å². The first-order chi connectivity index (χ1) is 21.6. The van der Waals surface area contributed by atoms with Crippen LogP contribution in [0.15, 0.2) is 42.7 Å². The lowest BCUT2D eigenvalue weighted by molar-refractivity contribution is -0.184. The third-order valence-corrected chi connectivity index (χ3v) is 9.77. The third kappa shape index (κ3) is 8.25. The molecule has 1 unspecified atom stereocenters. The van der Waals surface area contributed by atoms with Crippen molar-refractivity contribution in [3.8, 4) is 0 Å². The monoisotopic (exact) mass is 666 g/mol. The fourth-order valence-corrected chi connectivity index (χ4v) is 7.29. The lowest BCUT2D eigenvalue weighted by Crippen LogP contribution is -2.48. The molecule has 1 N–H and O–H groups in total. The number of nitrogens with one attached hydrogen (secondary N) is 1. The van der Waals surface area contributed by atoms with Crippen molar-refractivity contribution in [1.82, 2.24) is 29.8 Å². The minimum absolute atomic E-state index is 0.00368. The normalized spacial score (nSPS) is 22.7. The highest BCUT2D eigenvalue weighted by Gasteiger charge is 2.43. The summed E-state index contributed by atoms with van der Waals surface area (Å²) in [6.07, 6.45) is -2.67. The van der Waals surface area contributed by atoms with Gasteiger partial charge in [0.2, 0.25) is 0 Å². The molecule has 1 aromatic carbocycles. The van der Waals surface area contributed by atoms with Crippen LogP contribution in [0.4, 0.5) is 22.8 Å². The van der Waals surface area contributed by atoms with Gasteiger partial charge in [0.15, 0.2) is 9.84 Å². The van der Waals surface area contributed by atoms with Gasteiger partial charge in [0.25, 0.3) is 5.78 Å². The maximum atomic E-state index is 13.4. The molecule has 2 fully saturated rings. The summed E-state index contributed by atoms with van der Waals surface area (Å²) in [6, 6.07) is 7.24. The second-order valence-corrected chi connectivity index (χ2v) is 15.0. The Morgan fingerprint density at radius 3 is 2.41 bits per heavy atom. The molecule has 1 aliphatic carbocycles. The molecule has 2 aromatic heterocycles. The number of alkyl carbamates (subject to hydrolysis) is 1. The molecule has 2 amide bonds. The second kappa shape index (κ2) is 13.0. The number of amides is 2. The third-order valence-electron chi connectivity index (χ3n) is 8.14. The number of rotatable bonds is 6. The zero-order valence-electron chi connectivity index (χ0n) is 25.7. The van der Waals surface area contributed by atoms with E-state index < -0.39 is 51.8 Å². The van der Waals surface area contributed by atoms with Crippen molar-refractivity contribution >= 4 is 27.8 Å². The zero-order valence-corrected chi connectivity index (χ0v) is 26.6. The number of nitrogens with zero attached hydrogens (tertiary/aromatic N) is 5. The van der Waals surface area contributed by atoms with E-state index in [1.165, 1.54) is 21.8 Å². The Balaban J connectivity index is 1.41. The largest absolute Gasteiger partial charge is 0.445 e. The first-order valence-corrected chi connectivity index (χ1v) is 16.9. The maximum Gasteiger partial charge on any atom is 0.410 e. The van der Waals surface area contributed by atoms with Gasteiger partial charge < -0.3 is 14.8 Å². The highest BCUT2D eigenvalue weighted by atomic mass is 32.2. The van der Waals surface area contributed by atoms with E-state index in [0.29, 0.717) is 5.69 Å². The van der Waals surface area contributed by atoms with Crippen LogP contribution in [0, 0.1) is 11.8 Å². The molecule has 3 heterocycles. The topological polar surface area (TPSA) is 145 Å². The Kier molecular flexibility index (Phi) is 9.47. The first-order valence-electron chi connectivity index (χ1n) is 15.0. The summed E-state index contributed by atoms with van der Waals surface area (Å²) in [6.45, 7) is 5.02. The molecule has 46 heavy (non-hydrogen) atoms. The molecule has 1 saturated carbocycles. The van der Waals surface area contributed by atoms with Crippen LogP contribution in [0.1, 0.15) is 75.5 Å². The van der Waals surface area contributed by atoms with Crippen LogP contribution in [0.3, 0.4) is 0 Å². The Bertz CT molecular complexity index is 1650. The zero-order chi connectivity index (χ0) is 33.3. The average molecular weight is 667 g/mol. The molecular formula is C30H37F3N6O6S. The van der Waals surface area contributed by atoms with Crippen molar-refractivity contribution in [3.05, 3.63) is 59.7 Å². The fourth-order valence-electron chi connectivity index (χ4n) is 5.81. The van der Waals surface area contributed by atoms with Gasteiger partial charge in [-0.25, -0.2) is 32.5 Å². The number of fused-ring (bicyclic) bond motifs is 1. The predicted molar refractivity (Wildman–Crippen MR) is 159 cm³/mol. The molecule has 1 saturated heterocycles.